The van der Waals surface area contributed by atoms with Crippen LogP contribution in [0, 0.1) is 0 Å². The fourth-order valence-corrected chi connectivity index (χ4v) is 3.12. The van der Waals surface area contributed by atoms with Crippen molar-refractivity contribution in [2.45, 2.75) is 38.5 Å². The van der Waals surface area contributed by atoms with Gasteiger partial charge in [-0.2, -0.15) is 0 Å². The summed E-state index contributed by atoms with van der Waals surface area (Å²) in [6.07, 6.45) is 0.373. The Morgan fingerprint density at radius 3 is 2.48 bits per heavy atom. The average molecular weight is 292 g/mol. The molecule has 0 radical (unpaired) electrons. The Morgan fingerprint density at radius 1 is 1.14 bits per heavy atom. The number of aliphatic hydroxyl groups excluding tert-OH is 2. The van der Waals surface area contributed by atoms with Crippen molar-refractivity contribution in [3.63, 3.8) is 0 Å². The van der Waals surface area contributed by atoms with Crippen molar-refractivity contribution in [2.75, 3.05) is 32.7 Å². The number of aliphatic hydroxyl groups is 2. The molecule has 1 heterocycles. The van der Waals surface area contributed by atoms with Gasteiger partial charge in [0.1, 0.15) is 0 Å². The molecule has 4 nitrogen and oxygen atoms in total. The zero-order valence-electron chi connectivity index (χ0n) is 13.2. The van der Waals surface area contributed by atoms with Crippen molar-refractivity contribution in [1.82, 2.24) is 9.80 Å². The Morgan fingerprint density at radius 2 is 1.86 bits per heavy atom. The summed E-state index contributed by atoms with van der Waals surface area (Å²) in [6.45, 7) is 8.34. The summed E-state index contributed by atoms with van der Waals surface area (Å²) in [5, 5.41) is 19.9. The van der Waals surface area contributed by atoms with Crippen molar-refractivity contribution >= 4 is 0 Å². The predicted molar refractivity (Wildman–Crippen MR) is 85.2 cm³/mol. The van der Waals surface area contributed by atoms with Crippen LogP contribution in [-0.2, 0) is 0 Å². The SMILES string of the molecule is CC[C@@H]1CN(C[C@@H](O)c2ccccc2)CCN1C[C@@H](C)O. The predicted octanol–water partition coefficient (Wildman–Crippen LogP) is 1.50. The lowest BCUT2D eigenvalue weighted by Crippen LogP contribution is -2.55. The van der Waals surface area contributed by atoms with Gasteiger partial charge in [-0.3, -0.25) is 9.80 Å². The molecule has 118 valence electrons. The van der Waals surface area contributed by atoms with Crippen LogP contribution in [0.2, 0.25) is 0 Å². The van der Waals surface area contributed by atoms with Crippen LogP contribution in [0.4, 0.5) is 0 Å². The Balaban J connectivity index is 1.88. The van der Waals surface area contributed by atoms with Gasteiger partial charge in [0.25, 0.3) is 0 Å². The van der Waals surface area contributed by atoms with Gasteiger partial charge in [-0.15, -0.1) is 0 Å². The third-order valence-electron chi connectivity index (χ3n) is 4.27. The molecule has 1 aromatic rings. The highest BCUT2D eigenvalue weighted by Gasteiger charge is 2.27. The monoisotopic (exact) mass is 292 g/mol. The van der Waals surface area contributed by atoms with Crippen LogP contribution in [-0.4, -0.2) is 64.9 Å². The van der Waals surface area contributed by atoms with Gasteiger partial charge in [0, 0.05) is 38.8 Å². The van der Waals surface area contributed by atoms with E-state index < -0.39 is 6.10 Å². The molecule has 1 aliphatic heterocycles. The van der Waals surface area contributed by atoms with E-state index in [2.05, 4.69) is 16.7 Å². The standard InChI is InChI=1S/C17H28N2O2/c1-3-16-12-18(9-10-19(16)11-14(2)20)13-17(21)15-7-5-4-6-8-15/h4-8,14,16-17,20-21H,3,9-13H2,1-2H3/t14-,16-,17-/m1/s1. The molecule has 0 spiro atoms. The van der Waals surface area contributed by atoms with Gasteiger partial charge in [0.05, 0.1) is 12.2 Å². The first-order chi connectivity index (χ1) is 10.1. The van der Waals surface area contributed by atoms with E-state index in [4.69, 9.17) is 0 Å². The minimum atomic E-state index is -0.424. The summed E-state index contributed by atoms with van der Waals surface area (Å²) in [5.41, 5.74) is 0.983. The lowest BCUT2D eigenvalue weighted by molar-refractivity contribution is 0.0170. The van der Waals surface area contributed by atoms with Gasteiger partial charge in [0.2, 0.25) is 0 Å². The Hall–Kier alpha value is -0.940. The van der Waals surface area contributed by atoms with Crippen molar-refractivity contribution in [3.05, 3.63) is 35.9 Å². The second-order valence-electron chi connectivity index (χ2n) is 6.09. The molecule has 3 atom stereocenters. The van der Waals surface area contributed by atoms with Crippen LogP contribution in [0.5, 0.6) is 0 Å². The largest absolute Gasteiger partial charge is 0.392 e. The van der Waals surface area contributed by atoms with Crippen LogP contribution in [0.1, 0.15) is 31.9 Å². The van der Waals surface area contributed by atoms with Gasteiger partial charge in [-0.05, 0) is 18.9 Å². The molecule has 0 bridgehead atoms. The van der Waals surface area contributed by atoms with E-state index in [0.29, 0.717) is 12.6 Å². The Bertz CT molecular complexity index is 411. The second-order valence-corrected chi connectivity index (χ2v) is 6.09. The Labute approximate surface area is 128 Å². The van der Waals surface area contributed by atoms with E-state index in [-0.39, 0.29) is 6.10 Å². The van der Waals surface area contributed by atoms with Gasteiger partial charge in [-0.1, -0.05) is 37.3 Å². The summed E-state index contributed by atoms with van der Waals surface area (Å²) in [4.78, 5) is 4.71. The summed E-state index contributed by atoms with van der Waals surface area (Å²) in [5.74, 6) is 0. The molecule has 0 unspecified atom stereocenters. The highest BCUT2D eigenvalue weighted by molar-refractivity contribution is 5.17. The maximum atomic E-state index is 10.3. The molecule has 0 saturated carbocycles. The van der Waals surface area contributed by atoms with Crippen molar-refractivity contribution < 1.29 is 10.2 Å². The van der Waals surface area contributed by atoms with Gasteiger partial charge in [-0.25, -0.2) is 0 Å². The van der Waals surface area contributed by atoms with Crippen LogP contribution < -0.4 is 0 Å². The number of hydrogen-bond acceptors (Lipinski definition) is 4. The molecule has 2 N–H and O–H groups in total. The van der Waals surface area contributed by atoms with Crippen molar-refractivity contribution in [3.8, 4) is 0 Å². The zero-order chi connectivity index (χ0) is 15.2. The molecule has 21 heavy (non-hydrogen) atoms. The van der Waals surface area contributed by atoms with Crippen molar-refractivity contribution in [1.29, 1.82) is 0 Å². The highest BCUT2D eigenvalue weighted by Crippen LogP contribution is 2.18. The summed E-state index contributed by atoms with van der Waals surface area (Å²) < 4.78 is 0. The Kier molecular flexibility index (Phi) is 6.18. The second kappa shape index (κ2) is 7.90. The first-order valence-electron chi connectivity index (χ1n) is 7.97. The van der Waals surface area contributed by atoms with Crippen LogP contribution >= 0.6 is 0 Å². The summed E-state index contributed by atoms with van der Waals surface area (Å²) in [7, 11) is 0. The maximum absolute atomic E-state index is 10.3. The molecule has 4 heteroatoms. The average Bonchev–Trinajstić information content (AvgIpc) is 2.49. The third-order valence-corrected chi connectivity index (χ3v) is 4.27. The molecule has 1 saturated heterocycles. The fourth-order valence-electron chi connectivity index (χ4n) is 3.12. The lowest BCUT2D eigenvalue weighted by Gasteiger charge is -2.42. The minimum Gasteiger partial charge on any atom is -0.392 e. The van der Waals surface area contributed by atoms with E-state index in [9.17, 15) is 10.2 Å². The normalized spacial score (nSPS) is 23.9. The van der Waals surface area contributed by atoms with Crippen LogP contribution in [0.3, 0.4) is 0 Å². The van der Waals surface area contributed by atoms with Crippen molar-refractivity contribution in [2.24, 2.45) is 0 Å². The first-order valence-corrected chi connectivity index (χ1v) is 7.97. The maximum Gasteiger partial charge on any atom is 0.0916 e. The summed E-state index contributed by atoms with van der Waals surface area (Å²) in [6, 6.07) is 10.3. The topological polar surface area (TPSA) is 46.9 Å². The number of nitrogens with zero attached hydrogens (tertiary/aromatic N) is 2. The molecular weight excluding hydrogens is 264 g/mol. The lowest BCUT2D eigenvalue weighted by atomic mass is 10.1. The number of piperazine rings is 1. The highest BCUT2D eigenvalue weighted by atomic mass is 16.3. The molecular formula is C17H28N2O2. The smallest absolute Gasteiger partial charge is 0.0916 e. The number of rotatable bonds is 6. The number of β-amino-alcohol motifs (C(OH)–C–C–N with tert-alkyl or cyclic N) is 2. The van der Waals surface area contributed by atoms with E-state index in [1.54, 1.807) is 0 Å². The molecule has 0 aromatic heterocycles. The van der Waals surface area contributed by atoms with Crippen LogP contribution in [0.25, 0.3) is 0 Å². The van der Waals surface area contributed by atoms with E-state index in [0.717, 1.165) is 38.2 Å². The zero-order valence-corrected chi connectivity index (χ0v) is 13.2. The molecule has 2 rings (SSSR count). The van der Waals surface area contributed by atoms with Gasteiger partial charge < -0.3 is 10.2 Å². The summed E-state index contributed by atoms with van der Waals surface area (Å²) >= 11 is 0. The fraction of sp³-hybridized carbons (Fsp3) is 0.647. The molecule has 1 aliphatic rings. The third kappa shape index (κ3) is 4.78. The van der Waals surface area contributed by atoms with E-state index >= 15 is 0 Å². The molecule has 0 amide bonds. The minimum absolute atomic E-state index is 0.277. The number of benzene rings is 1. The van der Waals surface area contributed by atoms with Crippen LogP contribution in [0.15, 0.2) is 30.3 Å². The quantitative estimate of drug-likeness (QED) is 0.834. The van der Waals surface area contributed by atoms with E-state index in [1.165, 1.54) is 0 Å². The van der Waals surface area contributed by atoms with Gasteiger partial charge >= 0.3 is 0 Å². The number of hydrogen-bond donors (Lipinski definition) is 2. The van der Waals surface area contributed by atoms with E-state index in [1.807, 2.05) is 37.3 Å². The molecule has 1 fully saturated rings. The van der Waals surface area contributed by atoms with Gasteiger partial charge in [0.15, 0.2) is 0 Å². The molecule has 0 aliphatic carbocycles. The first kappa shape index (κ1) is 16.4. The molecule has 1 aromatic carbocycles.